The van der Waals surface area contributed by atoms with Crippen LogP contribution in [0.25, 0.3) is 11.4 Å². The third kappa shape index (κ3) is 4.36. The Morgan fingerprint density at radius 2 is 2.07 bits per heavy atom. The van der Waals surface area contributed by atoms with E-state index < -0.39 is 17.6 Å². The topological polar surface area (TPSA) is 109 Å². The number of H-pyrrole nitrogens is 2. The lowest BCUT2D eigenvalue weighted by Gasteiger charge is -2.07. The third-order valence-corrected chi connectivity index (χ3v) is 3.83. The third-order valence-electron chi connectivity index (χ3n) is 3.83. The van der Waals surface area contributed by atoms with Crippen LogP contribution < -0.4 is 5.32 Å². The lowest BCUT2D eigenvalue weighted by atomic mass is 10.1. The van der Waals surface area contributed by atoms with Crippen LogP contribution in [0, 0.1) is 6.92 Å². The van der Waals surface area contributed by atoms with Crippen molar-refractivity contribution in [3.05, 3.63) is 52.9 Å². The van der Waals surface area contributed by atoms with Crippen molar-refractivity contribution in [2.45, 2.75) is 26.3 Å². The maximum Gasteiger partial charge on any atom is 0.416 e. The summed E-state index contributed by atoms with van der Waals surface area (Å²) in [7, 11) is 1.51. The number of aromatic amines is 2. The highest BCUT2D eigenvalue weighted by Gasteiger charge is 2.30. The fourth-order valence-corrected chi connectivity index (χ4v) is 2.52. The zero-order valence-electron chi connectivity index (χ0n) is 15.0. The molecule has 1 amide bonds. The first-order valence-electron chi connectivity index (χ1n) is 8.19. The number of methoxy groups -OCH3 is 1. The summed E-state index contributed by atoms with van der Waals surface area (Å²) in [5, 5.41) is 9.23. The van der Waals surface area contributed by atoms with Gasteiger partial charge in [0.2, 0.25) is 0 Å². The van der Waals surface area contributed by atoms with E-state index >= 15 is 0 Å². The van der Waals surface area contributed by atoms with Gasteiger partial charge in [0.15, 0.2) is 5.82 Å². The van der Waals surface area contributed by atoms with Crippen molar-refractivity contribution < 1.29 is 22.7 Å². The number of hydrogen-bond acceptors (Lipinski definition) is 5. The number of imidazole rings is 1. The van der Waals surface area contributed by atoms with Crippen molar-refractivity contribution in [2.75, 3.05) is 7.11 Å². The van der Waals surface area contributed by atoms with Crippen LogP contribution in [0.15, 0.2) is 24.3 Å². The first kappa shape index (κ1) is 19.5. The quantitative estimate of drug-likeness (QED) is 0.596. The number of alkyl halides is 3. The van der Waals surface area contributed by atoms with Gasteiger partial charge in [-0.3, -0.25) is 9.89 Å². The zero-order valence-corrected chi connectivity index (χ0v) is 15.0. The lowest BCUT2D eigenvalue weighted by Crippen LogP contribution is -2.24. The Bertz CT molecular complexity index is 979. The molecule has 0 unspecified atom stereocenters. The Labute approximate surface area is 157 Å². The number of aromatic nitrogens is 5. The maximum absolute atomic E-state index is 12.9. The molecule has 28 heavy (non-hydrogen) atoms. The summed E-state index contributed by atoms with van der Waals surface area (Å²) in [6.45, 7) is 1.94. The molecule has 3 N–H and O–H groups in total. The summed E-state index contributed by atoms with van der Waals surface area (Å²) in [5.74, 6) is 0.577. The Kier molecular flexibility index (Phi) is 5.45. The van der Waals surface area contributed by atoms with Crippen LogP contribution in [0.1, 0.15) is 33.4 Å². The molecule has 11 heteroatoms. The van der Waals surface area contributed by atoms with Crippen molar-refractivity contribution in [2.24, 2.45) is 0 Å². The summed E-state index contributed by atoms with van der Waals surface area (Å²) in [4.78, 5) is 23.5. The first-order chi connectivity index (χ1) is 13.3. The summed E-state index contributed by atoms with van der Waals surface area (Å²) in [6.07, 6.45) is -4.46. The van der Waals surface area contributed by atoms with Gasteiger partial charge in [0.25, 0.3) is 5.91 Å². The molecule has 0 atom stereocenters. The average Bonchev–Trinajstić information content (AvgIpc) is 3.26. The molecule has 0 aliphatic rings. The predicted octanol–water partition coefficient (Wildman–Crippen LogP) is 2.60. The molecule has 3 aromatic rings. The number of rotatable bonds is 6. The van der Waals surface area contributed by atoms with Gasteiger partial charge in [-0.25, -0.2) is 9.97 Å². The molecule has 0 spiro atoms. The number of halogens is 3. The van der Waals surface area contributed by atoms with Crippen molar-refractivity contribution in [3.8, 4) is 11.4 Å². The molecule has 0 bridgehead atoms. The number of carbonyl (C=O) groups is 1. The van der Waals surface area contributed by atoms with Crippen LogP contribution in [0.3, 0.4) is 0 Å². The minimum atomic E-state index is -4.46. The van der Waals surface area contributed by atoms with Gasteiger partial charge in [-0.15, -0.1) is 0 Å². The predicted molar refractivity (Wildman–Crippen MR) is 92.0 cm³/mol. The lowest BCUT2D eigenvalue weighted by molar-refractivity contribution is -0.137. The van der Waals surface area contributed by atoms with Crippen molar-refractivity contribution in [1.82, 2.24) is 30.5 Å². The van der Waals surface area contributed by atoms with E-state index in [1.54, 1.807) is 6.92 Å². The molecule has 0 radical (unpaired) electrons. The molecule has 0 saturated heterocycles. The van der Waals surface area contributed by atoms with E-state index in [4.69, 9.17) is 4.74 Å². The molecule has 0 aliphatic heterocycles. The van der Waals surface area contributed by atoms with Gasteiger partial charge in [-0.05, 0) is 19.1 Å². The fourth-order valence-electron chi connectivity index (χ4n) is 2.52. The standard InChI is InChI=1S/C17H17F3N6O2/c1-9-14(16(27)21-7-12-23-13(8-28-2)26-25-12)24-15(22-9)10-4-3-5-11(6-10)17(18,19)20/h3-6H,7-8H2,1-2H3,(H,21,27)(H,22,24)(H,23,25,26). The van der Waals surface area contributed by atoms with Crippen LogP contribution in [-0.2, 0) is 24.1 Å². The molecule has 0 fully saturated rings. The number of nitrogens with zero attached hydrogens (tertiary/aromatic N) is 3. The van der Waals surface area contributed by atoms with E-state index in [1.807, 2.05) is 0 Å². The molecule has 1 aromatic carbocycles. The molecular formula is C17H17F3N6O2. The Morgan fingerprint density at radius 1 is 1.29 bits per heavy atom. The van der Waals surface area contributed by atoms with Gasteiger partial charge in [0.05, 0.1) is 12.1 Å². The highest BCUT2D eigenvalue weighted by molar-refractivity contribution is 5.94. The van der Waals surface area contributed by atoms with Gasteiger partial charge in [-0.1, -0.05) is 12.1 Å². The van der Waals surface area contributed by atoms with E-state index in [9.17, 15) is 18.0 Å². The minimum absolute atomic E-state index is 0.0841. The molecule has 2 heterocycles. The highest BCUT2D eigenvalue weighted by Crippen LogP contribution is 2.31. The van der Waals surface area contributed by atoms with Gasteiger partial charge in [0.1, 0.15) is 23.9 Å². The second-order valence-corrected chi connectivity index (χ2v) is 5.95. The monoisotopic (exact) mass is 394 g/mol. The van der Waals surface area contributed by atoms with Crippen molar-refractivity contribution in [3.63, 3.8) is 0 Å². The van der Waals surface area contributed by atoms with Crippen LogP contribution in [0.5, 0.6) is 0 Å². The SMILES string of the molecule is COCc1n[nH]c(CNC(=O)c2nc(-c3cccc(C(F)(F)F)c3)[nH]c2C)n1. The van der Waals surface area contributed by atoms with Crippen LogP contribution in [-0.4, -0.2) is 38.2 Å². The number of carbonyl (C=O) groups excluding carboxylic acids is 1. The highest BCUT2D eigenvalue weighted by atomic mass is 19.4. The van der Waals surface area contributed by atoms with Gasteiger partial charge < -0.3 is 15.0 Å². The number of ether oxygens (including phenoxy) is 1. The number of benzene rings is 1. The molecule has 0 saturated carbocycles. The number of hydrogen-bond donors (Lipinski definition) is 3. The summed E-state index contributed by atoms with van der Waals surface area (Å²) in [6, 6.07) is 4.73. The molecule has 2 aromatic heterocycles. The summed E-state index contributed by atoms with van der Waals surface area (Å²) < 4.78 is 43.6. The Balaban J connectivity index is 1.73. The smallest absolute Gasteiger partial charge is 0.377 e. The number of nitrogens with one attached hydrogen (secondary N) is 3. The van der Waals surface area contributed by atoms with Crippen molar-refractivity contribution in [1.29, 1.82) is 0 Å². The van der Waals surface area contributed by atoms with Crippen LogP contribution in [0.2, 0.25) is 0 Å². The molecule has 0 aliphatic carbocycles. The molecule has 8 nitrogen and oxygen atoms in total. The second-order valence-electron chi connectivity index (χ2n) is 5.95. The fraction of sp³-hybridized carbons (Fsp3) is 0.294. The molecular weight excluding hydrogens is 377 g/mol. The normalized spacial score (nSPS) is 11.6. The van der Waals surface area contributed by atoms with Gasteiger partial charge in [-0.2, -0.15) is 18.3 Å². The molecule has 3 rings (SSSR count). The Hall–Kier alpha value is -3.21. The van der Waals surface area contributed by atoms with Gasteiger partial charge >= 0.3 is 6.18 Å². The minimum Gasteiger partial charge on any atom is -0.377 e. The van der Waals surface area contributed by atoms with Gasteiger partial charge in [0, 0.05) is 18.4 Å². The van der Waals surface area contributed by atoms with E-state index in [-0.39, 0.29) is 30.2 Å². The number of amides is 1. The average molecular weight is 394 g/mol. The van der Waals surface area contributed by atoms with E-state index in [0.29, 0.717) is 17.3 Å². The summed E-state index contributed by atoms with van der Waals surface area (Å²) in [5.41, 5.74) is -0.0368. The van der Waals surface area contributed by atoms with E-state index in [1.165, 1.54) is 19.2 Å². The van der Waals surface area contributed by atoms with Crippen molar-refractivity contribution >= 4 is 5.91 Å². The second kappa shape index (κ2) is 7.80. The number of aryl methyl sites for hydroxylation is 1. The first-order valence-corrected chi connectivity index (χ1v) is 8.19. The molecule has 148 valence electrons. The maximum atomic E-state index is 12.9. The van der Waals surface area contributed by atoms with Crippen LogP contribution in [0.4, 0.5) is 13.2 Å². The van der Waals surface area contributed by atoms with E-state index in [2.05, 4.69) is 30.5 Å². The largest absolute Gasteiger partial charge is 0.416 e. The van der Waals surface area contributed by atoms with Crippen LogP contribution >= 0.6 is 0 Å². The summed E-state index contributed by atoms with van der Waals surface area (Å²) >= 11 is 0. The zero-order chi connectivity index (χ0) is 20.3. The Morgan fingerprint density at radius 3 is 2.79 bits per heavy atom. The van der Waals surface area contributed by atoms with E-state index in [0.717, 1.165) is 12.1 Å².